The van der Waals surface area contributed by atoms with Crippen LogP contribution >= 0.6 is 0 Å². The number of allylic oxidation sites excluding steroid dienone is 2. The first-order valence-corrected chi connectivity index (χ1v) is 6.30. The third-order valence-corrected chi connectivity index (χ3v) is 3.22. The fourth-order valence-electron chi connectivity index (χ4n) is 2.11. The Labute approximate surface area is 110 Å². The summed E-state index contributed by atoms with van der Waals surface area (Å²) in [5, 5.41) is 0. The molecule has 2 heterocycles. The Morgan fingerprint density at radius 1 is 1.26 bits per heavy atom. The summed E-state index contributed by atoms with van der Waals surface area (Å²) in [4.78, 5) is 28.1. The van der Waals surface area contributed by atoms with E-state index in [2.05, 4.69) is 11.1 Å². The lowest BCUT2D eigenvalue weighted by Gasteiger charge is -2.05. The van der Waals surface area contributed by atoms with Crippen molar-refractivity contribution < 1.29 is 0 Å². The molecule has 0 saturated heterocycles. The van der Waals surface area contributed by atoms with Gasteiger partial charge in [0.25, 0.3) is 5.56 Å². The van der Waals surface area contributed by atoms with Crippen molar-refractivity contribution in [1.82, 2.24) is 18.7 Å². The van der Waals surface area contributed by atoms with Crippen molar-refractivity contribution in [2.45, 2.75) is 26.3 Å². The van der Waals surface area contributed by atoms with Gasteiger partial charge in [-0.3, -0.25) is 13.9 Å². The summed E-state index contributed by atoms with van der Waals surface area (Å²) < 4.78 is 4.34. The quantitative estimate of drug-likeness (QED) is 0.604. The van der Waals surface area contributed by atoms with E-state index in [1.165, 1.54) is 11.6 Å². The number of rotatable bonds is 4. The zero-order valence-corrected chi connectivity index (χ0v) is 11.5. The minimum atomic E-state index is -0.350. The number of aromatic nitrogens is 4. The normalized spacial score (nSPS) is 11.7. The predicted molar refractivity (Wildman–Crippen MR) is 74.3 cm³/mol. The maximum absolute atomic E-state index is 12.1. The van der Waals surface area contributed by atoms with Gasteiger partial charge in [0.2, 0.25) is 0 Å². The van der Waals surface area contributed by atoms with Gasteiger partial charge in [-0.25, -0.2) is 9.78 Å². The van der Waals surface area contributed by atoms with Crippen LogP contribution in [0.15, 0.2) is 28.1 Å². The van der Waals surface area contributed by atoms with E-state index in [4.69, 9.17) is 0 Å². The molecule has 19 heavy (non-hydrogen) atoms. The van der Waals surface area contributed by atoms with E-state index < -0.39 is 0 Å². The Hall–Kier alpha value is -2.11. The molecule has 0 fully saturated rings. The van der Waals surface area contributed by atoms with E-state index in [9.17, 15) is 9.59 Å². The molecule has 0 aromatic carbocycles. The van der Waals surface area contributed by atoms with Crippen LogP contribution < -0.4 is 11.2 Å². The Morgan fingerprint density at radius 2 is 2.00 bits per heavy atom. The second kappa shape index (κ2) is 5.26. The van der Waals surface area contributed by atoms with Crippen molar-refractivity contribution >= 4 is 11.2 Å². The van der Waals surface area contributed by atoms with Gasteiger partial charge in [-0.2, -0.15) is 0 Å². The zero-order valence-electron chi connectivity index (χ0n) is 11.5. The minimum Gasteiger partial charge on any atom is -0.325 e. The zero-order chi connectivity index (χ0) is 14.0. The van der Waals surface area contributed by atoms with Crippen molar-refractivity contribution in [3.8, 4) is 0 Å². The molecule has 6 nitrogen and oxygen atoms in total. The molecule has 0 bridgehead atoms. The number of fused-ring (bicyclic) bond motifs is 1. The standard InChI is InChI=1S/C13H18N4O2/c1-4-5-6-7-8-17-9-14-11-10(17)12(18)16(3)13(19)15(11)2/h4-5,9H,6-8H2,1-3H3/b5-4+. The highest BCUT2D eigenvalue weighted by molar-refractivity contribution is 5.69. The molecule has 0 atom stereocenters. The van der Waals surface area contributed by atoms with Crippen molar-refractivity contribution in [1.29, 1.82) is 0 Å². The Balaban J connectivity index is 2.48. The fraction of sp³-hybridized carbons (Fsp3) is 0.462. The van der Waals surface area contributed by atoms with E-state index in [1.54, 1.807) is 13.4 Å². The molecule has 0 aliphatic rings. The second-order valence-electron chi connectivity index (χ2n) is 4.53. The molecule has 0 unspecified atom stereocenters. The van der Waals surface area contributed by atoms with Gasteiger partial charge in [0.05, 0.1) is 6.33 Å². The fourth-order valence-corrected chi connectivity index (χ4v) is 2.11. The van der Waals surface area contributed by atoms with E-state index in [1.807, 2.05) is 17.6 Å². The average Bonchev–Trinajstić information content (AvgIpc) is 2.83. The van der Waals surface area contributed by atoms with E-state index in [0.29, 0.717) is 17.7 Å². The first kappa shape index (κ1) is 13.3. The Morgan fingerprint density at radius 3 is 2.68 bits per heavy atom. The lowest BCUT2D eigenvalue weighted by Crippen LogP contribution is -2.37. The molecule has 0 N–H and O–H groups in total. The van der Waals surface area contributed by atoms with Crippen LogP contribution in [0, 0.1) is 0 Å². The van der Waals surface area contributed by atoms with Gasteiger partial charge in [0.15, 0.2) is 11.2 Å². The SMILES string of the molecule is C/C=C/CCCn1cnc2c1c(=O)n(C)c(=O)n2C. The summed E-state index contributed by atoms with van der Waals surface area (Å²) >= 11 is 0. The molecule has 0 saturated carbocycles. The number of unbranched alkanes of at least 4 members (excludes halogenated alkanes) is 1. The van der Waals surface area contributed by atoms with Crippen molar-refractivity contribution in [3.63, 3.8) is 0 Å². The highest BCUT2D eigenvalue weighted by atomic mass is 16.2. The molecular weight excluding hydrogens is 244 g/mol. The highest BCUT2D eigenvalue weighted by Crippen LogP contribution is 2.07. The van der Waals surface area contributed by atoms with Crippen molar-refractivity contribution in [2.75, 3.05) is 0 Å². The van der Waals surface area contributed by atoms with Gasteiger partial charge in [-0.15, -0.1) is 0 Å². The number of aryl methyl sites for hydroxylation is 2. The van der Waals surface area contributed by atoms with Crippen LogP contribution in [0.2, 0.25) is 0 Å². The topological polar surface area (TPSA) is 61.8 Å². The van der Waals surface area contributed by atoms with Gasteiger partial charge in [0.1, 0.15) is 0 Å². The van der Waals surface area contributed by atoms with Gasteiger partial charge in [-0.05, 0) is 19.8 Å². The first-order chi connectivity index (χ1) is 9.07. The lowest BCUT2D eigenvalue weighted by atomic mass is 10.3. The summed E-state index contributed by atoms with van der Waals surface area (Å²) in [6.45, 7) is 2.70. The largest absolute Gasteiger partial charge is 0.332 e. The van der Waals surface area contributed by atoms with Crippen LogP contribution in [0.4, 0.5) is 0 Å². The summed E-state index contributed by atoms with van der Waals surface area (Å²) in [7, 11) is 3.11. The molecule has 2 rings (SSSR count). The molecule has 102 valence electrons. The predicted octanol–water partition coefficient (Wildman–Crippen LogP) is 0.790. The molecule has 2 aromatic rings. The van der Waals surface area contributed by atoms with Gasteiger partial charge in [0, 0.05) is 20.6 Å². The number of hydrogen-bond acceptors (Lipinski definition) is 3. The van der Waals surface area contributed by atoms with Crippen molar-refractivity contribution in [2.24, 2.45) is 14.1 Å². The average molecular weight is 262 g/mol. The Bertz CT molecular complexity index is 733. The Kier molecular flexibility index (Phi) is 3.69. The molecule has 0 radical (unpaired) electrons. The third-order valence-electron chi connectivity index (χ3n) is 3.22. The molecular formula is C13H18N4O2. The maximum Gasteiger partial charge on any atom is 0.332 e. The molecule has 6 heteroatoms. The monoisotopic (exact) mass is 262 g/mol. The molecule has 0 spiro atoms. The van der Waals surface area contributed by atoms with Crippen LogP contribution in [0.1, 0.15) is 19.8 Å². The molecule has 0 aliphatic carbocycles. The van der Waals surface area contributed by atoms with Gasteiger partial charge in [-0.1, -0.05) is 12.2 Å². The van der Waals surface area contributed by atoms with E-state index in [0.717, 1.165) is 17.4 Å². The number of imidazole rings is 1. The first-order valence-electron chi connectivity index (χ1n) is 6.30. The summed E-state index contributed by atoms with van der Waals surface area (Å²) in [5.41, 5.74) is 0.294. The minimum absolute atomic E-state index is 0.290. The molecule has 0 aliphatic heterocycles. The van der Waals surface area contributed by atoms with Crippen LogP contribution in [-0.2, 0) is 20.6 Å². The summed E-state index contributed by atoms with van der Waals surface area (Å²) in [5.74, 6) is 0. The summed E-state index contributed by atoms with van der Waals surface area (Å²) in [6, 6.07) is 0. The highest BCUT2D eigenvalue weighted by Gasteiger charge is 2.13. The van der Waals surface area contributed by atoms with Crippen LogP contribution in [0.25, 0.3) is 11.2 Å². The van der Waals surface area contributed by atoms with Crippen LogP contribution in [0.3, 0.4) is 0 Å². The maximum atomic E-state index is 12.1. The third kappa shape index (κ3) is 2.25. The molecule has 0 amide bonds. The van der Waals surface area contributed by atoms with Gasteiger partial charge >= 0.3 is 5.69 Å². The van der Waals surface area contributed by atoms with E-state index >= 15 is 0 Å². The van der Waals surface area contributed by atoms with E-state index in [-0.39, 0.29) is 11.2 Å². The van der Waals surface area contributed by atoms with Crippen molar-refractivity contribution in [3.05, 3.63) is 39.3 Å². The molecule has 2 aromatic heterocycles. The smallest absolute Gasteiger partial charge is 0.325 e. The van der Waals surface area contributed by atoms with Gasteiger partial charge < -0.3 is 4.57 Å². The number of nitrogens with zero attached hydrogens (tertiary/aromatic N) is 4. The second-order valence-corrected chi connectivity index (χ2v) is 4.53. The van der Waals surface area contributed by atoms with Crippen LogP contribution in [-0.4, -0.2) is 18.7 Å². The number of hydrogen-bond donors (Lipinski definition) is 0. The summed E-state index contributed by atoms with van der Waals surface area (Å²) in [6.07, 6.45) is 7.62. The van der Waals surface area contributed by atoms with Crippen LogP contribution in [0.5, 0.6) is 0 Å². The lowest BCUT2D eigenvalue weighted by molar-refractivity contribution is 0.654.